The van der Waals surface area contributed by atoms with E-state index in [4.69, 9.17) is 0 Å². The molecule has 3 aromatic rings. The van der Waals surface area contributed by atoms with E-state index in [0.717, 1.165) is 35.3 Å². The van der Waals surface area contributed by atoms with Crippen LogP contribution in [0.3, 0.4) is 0 Å². The third-order valence-corrected chi connectivity index (χ3v) is 4.33. The summed E-state index contributed by atoms with van der Waals surface area (Å²) >= 11 is 0. The van der Waals surface area contributed by atoms with Crippen LogP contribution in [0.25, 0.3) is 5.65 Å². The molecule has 2 heterocycles. The van der Waals surface area contributed by atoms with E-state index in [1.165, 1.54) is 6.07 Å². The highest BCUT2D eigenvalue weighted by molar-refractivity contribution is 5.76. The summed E-state index contributed by atoms with van der Waals surface area (Å²) in [6.45, 7) is 4.28. The summed E-state index contributed by atoms with van der Waals surface area (Å²) in [7, 11) is 0. The molecule has 26 heavy (non-hydrogen) atoms. The Labute approximate surface area is 152 Å². The first kappa shape index (κ1) is 18.0. The Morgan fingerprint density at radius 3 is 2.85 bits per heavy atom. The van der Waals surface area contributed by atoms with Crippen LogP contribution in [0.15, 0.2) is 36.7 Å². The van der Waals surface area contributed by atoms with Crippen molar-refractivity contribution in [2.75, 3.05) is 6.54 Å². The number of benzene rings is 1. The average Bonchev–Trinajstić information content (AvgIpc) is 2.99. The van der Waals surface area contributed by atoms with Gasteiger partial charge in [-0.25, -0.2) is 13.9 Å². The molecule has 0 radical (unpaired) electrons. The fourth-order valence-electron chi connectivity index (χ4n) is 2.82. The minimum absolute atomic E-state index is 0.0118. The maximum Gasteiger partial charge on any atom is 0.220 e. The highest BCUT2D eigenvalue weighted by atomic mass is 19.1. The lowest BCUT2D eigenvalue weighted by Gasteiger charge is -2.06. The number of fused-ring (bicyclic) bond motifs is 1. The number of halogens is 1. The first-order chi connectivity index (χ1) is 12.5. The van der Waals surface area contributed by atoms with E-state index in [-0.39, 0.29) is 11.7 Å². The number of nitrogens with zero attached hydrogens (tertiary/aromatic N) is 3. The number of aromatic nitrogens is 3. The van der Waals surface area contributed by atoms with E-state index < -0.39 is 0 Å². The van der Waals surface area contributed by atoms with Gasteiger partial charge >= 0.3 is 0 Å². The molecule has 5 nitrogen and oxygen atoms in total. The van der Waals surface area contributed by atoms with E-state index in [1.54, 1.807) is 17.5 Å². The topological polar surface area (TPSA) is 59.3 Å². The van der Waals surface area contributed by atoms with Crippen molar-refractivity contribution in [3.8, 4) is 0 Å². The van der Waals surface area contributed by atoms with Crippen molar-refractivity contribution in [1.82, 2.24) is 19.9 Å². The van der Waals surface area contributed by atoms with Crippen molar-refractivity contribution in [1.29, 1.82) is 0 Å². The van der Waals surface area contributed by atoms with Crippen molar-refractivity contribution in [3.05, 3.63) is 64.9 Å². The van der Waals surface area contributed by atoms with Crippen molar-refractivity contribution >= 4 is 11.6 Å². The largest absolute Gasteiger partial charge is 0.356 e. The van der Waals surface area contributed by atoms with Crippen LogP contribution in [0.5, 0.6) is 0 Å². The molecule has 0 saturated carbocycles. The van der Waals surface area contributed by atoms with Gasteiger partial charge in [0.2, 0.25) is 5.91 Å². The number of nitrogens with one attached hydrogen (secondary N) is 1. The molecule has 1 amide bonds. The zero-order chi connectivity index (χ0) is 18.5. The molecule has 1 N–H and O–H groups in total. The van der Waals surface area contributed by atoms with Gasteiger partial charge in [0.1, 0.15) is 5.82 Å². The van der Waals surface area contributed by atoms with Gasteiger partial charge in [0.05, 0.1) is 5.69 Å². The fraction of sp³-hybridized carbons (Fsp3) is 0.350. The summed E-state index contributed by atoms with van der Waals surface area (Å²) in [6, 6.07) is 7.05. The number of aryl methyl sites for hydroxylation is 4. The Balaban J connectivity index is 1.39. The zero-order valence-corrected chi connectivity index (χ0v) is 15.1. The first-order valence-electron chi connectivity index (χ1n) is 8.84. The fourth-order valence-corrected chi connectivity index (χ4v) is 2.82. The molecule has 0 fully saturated rings. The summed E-state index contributed by atoms with van der Waals surface area (Å²) in [6.07, 6.45) is 6.39. The Hall–Kier alpha value is -2.76. The number of carbonyl (C=O) groups excluding carboxylic acids is 1. The van der Waals surface area contributed by atoms with E-state index in [0.29, 0.717) is 24.9 Å². The van der Waals surface area contributed by atoms with E-state index in [2.05, 4.69) is 15.4 Å². The monoisotopic (exact) mass is 354 g/mol. The molecule has 0 spiro atoms. The van der Waals surface area contributed by atoms with Gasteiger partial charge in [0, 0.05) is 31.4 Å². The first-order valence-corrected chi connectivity index (χ1v) is 8.84. The summed E-state index contributed by atoms with van der Waals surface area (Å²) in [5.41, 5.74) is 4.33. The lowest BCUT2D eigenvalue weighted by atomic mass is 10.1. The molecular formula is C20H23FN4O. The minimum atomic E-state index is -0.221. The van der Waals surface area contributed by atoms with Crippen LogP contribution in [0.1, 0.15) is 35.2 Å². The quantitative estimate of drug-likeness (QED) is 0.663. The summed E-state index contributed by atoms with van der Waals surface area (Å²) in [5.74, 6) is -0.233. The number of hydrogen-bond acceptors (Lipinski definition) is 3. The number of carbonyl (C=O) groups is 1. The predicted octanol–water partition coefficient (Wildman–Crippen LogP) is 3.17. The predicted molar refractivity (Wildman–Crippen MR) is 98.5 cm³/mol. The van der Waals surface area contributed by atoms with Crippen LogP contribution < -0.4 is 5.32 Å². The molecule has 0 aliphatic carbocycles. The smallest absolute Gasteiger partial charge is 0.220 e. The molecule has 0 bridgehead atoms. The van der Waals surface area contributed by atoms with Crippen molar-refractivity contribution in [2.24, 2.45) is 0 Å². The minimum Gasteiger partial charge on any atom is -0.356 e. The summed E-state index contributed by atoms with van der Waals surface area (Å²) in [5, 5.41) is 7.27. The molecule has 2 aromatic heterocycles. The van der Waals surface area contributed by atoms with Gasteiger partial charge in [-0.1, -0.05) is 12.1 Å². The van der Waals surface area contributed by atoms with Gasteiger partial charge < -0.3 is 5.32 Å². The molecule has 0 atom stereocenters. The average molecular weight is 354 g/mol. The Morgan fingerprint density at radius 1 is 1.19 bits per heavy atom. The van der Waals surface area contributed by atoms with Crippen LogP contribution in [-0.4, -0.2) is 27.0 Å². The second-order valence-electron chi connectivity index (χ2n) is 6.59. The Morgan fingerprint density at radius 2 is 2.04 bits per heavy atom. The second-order valence-corrected chi connectivity index (χ2v) is 6.59. The van der Waals surface area contributed by atoms with Crippen LogP contribution in [-0.2, 0) is 17.6 Å². The van der Waals surface area contributed by atoms with E-state index >= 15 is 0 Å². The SMILES string of the molecule is Cc1cc2ncc(CCCNC(=O)CCc3ccc(C)c(F)c3)cn2n1. The van der Waals surface area contributed by atoms with Gasteiger partial charge in [0.25, 0.3) is 0 Å². The van der Waals surface area contributed by atoms with Crippen LogP contribution in [0.4, 0.5) is 4.39 Å². The highest BCUT2D eigenvalue weighted by Crippen LogP contribution is 2.11. The molecule has 0 aliphatic rings. The highest BCUT2D eigenvalue weighted by Gasteiger charge is 2.05. The Kier molecular flexibility index (Phi) is 5.61. The molecule has 136 valence electrons. The van der Waals surface area contributed by atoms with Gasteiger partial charge in [0.15, 0.2) is 5.65 Å². The standard InChI is InChI=1S/C20H23FN4O/c1-14-5-6-16(11-18(14)21)7-8-20(26)22-9-3-4-17-12-23-19-10-15(2)24-25(19)13-17/h5-6,10-13H,3-4,7-9H2,1-2H3,(H,22,26). The third-order valence-electron chi connectivity index (χ3n) is 4.33. The molecule has 6 heteroatoms. The van der Waals surface area contributed by atoms with Crippen LogP contribution >= 0.6 is 0 Å². The van der Waals surface area contributed by atoms with Crippen molar-refractivity contribution < 1.29 is 9.18 Å². The van der Waals surface area contributed by atoms with Crippen LogP contribution in [0, 0.1) is 19.7 Å². The molecule has 1 aromatic carbocycles. The normalized spacial score (nSPS) is 11.0. The maximum absolute atomic E-state index is 13.5. The van der Waals surface area contributed by atoms with Crippen molar-refractivity contribution in [2.45, 2.75) is 39.5 Å². The molecule has 0 aliphatic heterocycles. The van der Waals surface area contributed by atoms with Crippen LogP contribution in [0.2, 0.25) is 0 Å². The number of hydrogen-bond donors (Lipinski definition) is 1. The molecular weight excluding hydrogens is 331 g/mol. The summed E-state index contributed by atoms with van der Waals surface area (Å²) in [4.78, 5) is 16.3. The summed E-state index contributed by atoms with van der Waals surface area (Å²) < 4.78 is 15.3. The lowest BCUT2D eigenvalue weighted by molar-refractivity contribution is -0.121. The second kappa shape index (κ2) is 8.08. The molecule has 3 rings (SSSR count). The molecule has 0 unspecified atom stereocenters. The van der Waals surface area contributed by atoms with Crippen molar-refractivity contribution in [3.63, 3.8) is 0 Å². The Bertz CT molecular complexity index is 919. The van der Waals surface area contributed by atoms with E-state index in [9.17, 15) is 9.18 Å². The van der Waals surface area contributed by atoms with E-state index in [1.807, 2.05) is 31.5 Å². The number of rotatable bonds is 7. The molecule has 0 saturated heterocycles. The lowest BCUT2D eigenvalue weighted by Crippen LogP contribution is -2.25. The zero-order valence-electron chi connectivity index (χ0n) is 15.1. The third kappa shape index (κ3) is 4.65. The van der Waals surface area contributed by atoms with Gasteiger partial charge in [-0.3, -0.25) is 4.79 Å². The number of amides is 1. The maximum atomic E-state index is 13.5. The van der Waals surface area contributed by atoms with Gasteiger partial charge in [-0.05, 0) is 55.9 Å². The van der Waals surface area contributed by atoms with Gasteiger partial charge in [-0.2, -0.15) is 5.10 Å². The van der Waals surface area contributed by atoms with Gasteiger partial charge in [-0.15, -0.1) is 0 Å².